The third-order valence-electron chi connectivity index (χ3n) is 3.13. The molecule has 1 unspecified atom stereocenters. The van der Waals surface area contributed by atoms with Gasteiger partial charge in [-0.15, -0.1) is 0 Å². The van der Waals surface area contributed by atoms with Crippen LogP contribution >= 0.6 is 11.6 Å². The van der Waals surface area contributed by atoms with Gasteiger partial charge in [-0.25, -0.2) is 9.37 Å². The molecule has 5 heteroatoms. The number of nitrogens with one attached hydrogen (secondary N) is 1. The minimum absolute atomic E-state index is 0.190. The van der Waals surface area contributed by atoms with Crippen molar-refractivity contribution in [2.24, 2.45) is 0 Å². The molecule has 20 heavy (non-hydrogen) atoms. The highest BCUT2D eigenvalue weighted by Gasteiger charge is 2.17. The Hall–Kier alpha value is -1.65. The normalized spacial score (nSPS) is 12.3. The Labute approximate surface area is 123 Å². The van der Waals surface area contributed by atoms with Crippen molar-refractivity contribution in [2.45, 2.75) is 19.4 Å². The zero-order chi connectivity index (χ0) is 14.5. The summed E-state index contributed by atoms with van der Waals surface area (Å²) in [5, 5.41) is 3.78. The number of rotatable bonds is 5. The van der Waals surface area contributed by atoms with E-state index in [1.165, 1.54) is 6.07 Å². The Bertz CT molecular complexity index is 589. The monoisotopic (exact) mass is 293 g/mol. The van der Waals surface area contributed by atoms with Gasteiger partial charge in [0, 0.05) is 22.8 Å². The molecule has 0 amide bonds. The van der Waals surface area contributed by atoms with Gasteiger partial charge in [0.15, 0.2) is 0 Å². The number of benzene rings is 1. The van der Waals surface area contributed by atoms with E-state index in [-0.39, 0.29) is 11.9 Å². The van der Waals surface area contributed by atoms with Gasteiger partial charge in [0.2, 0.25) is 0 Å². The molecule has 0 aliphatic heterocycles. The third-order valence-corrected chi connectivity index (χ3v) is 3.37. The van der Waals surface area contributed by atoms with Crippen molar-refractivity contribution >= 4 is 17.4 Å². The molecule has 0 spiro atoms. The minimum atomic E-state index is -0.275. The lowest BCUT2D eigenvalue weighted by molar-refractivity contribution is 0.510. The maximum atomic E-state index is 14.0. The molecule has 0 fully saturated rings. The lowest BCUT2D eigenvalue weighted by atomic mass is 9.98. The average molecular weight is 294 g/mol. The van der Waals surface area contributed by atoms with Crippen LogP contribution in [0.2, 0.25) is 5.02 Å². The summed E-state index contributed by atoms with van der Waals surface area (Å²) in [6.07, 6.45) is 2.20. The molecule has 0 aliphatic carbocycles. The quantitative estimate of drug-likeness (QED) is 0.889. The van der Waals surface area contributed by atoms with Crippen molar-refractivity contribution in [3.8, 4) is 0 Å². The van der Waals surface area contributed by atoms with Gasteiger partial charge < -0.3 is 11.1 Å². The zero-order valence-corrected chi connectivity index (χ0v) is 12.0. The lowest BCUT2D eigenvalue weighted by Gasteiger charge is -2.20. The number of hydrogen-bond donors (Lipinski definition) is 2. The number of nitrogens with zero attached hydrogens (tertiary/aromatic N) is 1. The molecule has 0 aliphatic rings. The molecule has 0 saturated carbocycles. The second-order valence-corrected chi connectivity index (χ2v) is 4.96. The van der Waals surface area contributed by atoms with Gasteiger partial charge in [-0.3, -0.25) is 0 Å². The highest BCUT2D eigenvalue weighted by atomic mass is 35.5. The summed E-state index contributed by atoms with van der Waals surface area (Å²) in [4.78, 5) is 4.06. The van der Waals surface area contributed by atoms with E-state index in [4.69, 9.17) is 17.3 Å². The van der Waals surface area contributed by atoms with E-state index < -0.39 is 0 Å². The van der Waals surface area contributed by atoms with Gasteiger partial charge in [-0.2, -0.15) is 0 Å². The van der Waals surface area contributed by atoms with Gasteiger partial charge in [0.25, 0.3) is 0 Å². The van der Waals surface area contributed by atoms with Crippen molar-refractivity contribution < 1.29 is 4.39 Å². The van der Waals surface area contributed by atoms with E-state index in [2.05, 4.69) is 10.3 Å². The molecule has 3 nitrogen and oxygen atoms in total. The summed E-state index contributed by atoms with van der Waals surface area (Å²) in [5.41, 5.74) is 7.28. The van der Waals surface area contributed by atoms with Gasteiger partial charge in [-0.1, -0.05) is 24.6 Å². The van der Waals surface area contributed by atoms with E-state index in [9.17, 15) is 4.39 Å². The first kappa shape index (κ1) is 14.8. The molecule has 2 aromatic rings. The molecule has 0 saturated heterocycles. The van der Waals surface area contributed by atoms with Crippen LogP contribution in [0.1, 0.15) is 24.1 Å². The summed E-state index contributed by atoms with van der Waals surface area (Å²) in [5.74, 6) is 0.195. The van der Waals surface area contributed by atoms with Crippen molar-refractivity contribution in [3.63, 3.8) is 0 Å². The predicted molar refractivity (Wildman–Crippen MR) is 80.2 cm³/mol. The maximum Gasteiger partial charge on any atom is 0.128 e. The van der Waals surface area contributed by atoms with Crippen LogP contribution in [0.4, 0.5) is 10.2 Å². The van der Waals surface area contributed by atoms with Crippen LogP contribution in [0.3, 0.4) is 0 Å². The van der Waals surface area contributed by atoms with E-state index in [1.54, 1.807) is 18.3 Å². The first-order valence-corrected chi connectivity index (χ1v) is 6.87. The first-order valence-electron chi connectivity index (χ1n) is 6.49. The molecule has 106 valence electrons. The van der Waals surface area contributed by atoms with Crippen molar-refractivity contribution in [2.75, 3.05) is 12.3 Å². The van der Waals surface area contributed by atoms with E-state index >= 15 is 0 Å². The molecular formula is C15H17ClFN3. The molecule has 1 aromatic carbocycles. The molecule has 2 rings (SSSR count). The fourth-order valence-corrected chi connectivity index (χ4v) is 2.34. The molecular weight excluding hydrogens is 277 g/mol. The Morgan fingerprint density at radius 1 is 1.40 bits per heavy atom. The van der Waals surface area contributed by atoms with Crippen molar-refractivity contribution in [3.05, 3.63) is 58.5 Å². The SMILES string of the molecule is CCNC(Cc1cccnc1N)c1cc(Cl)ccc1F. The Morgan fingerprint density at radius 3 is 2.90 bits per heavy atom. The van der Waals surface area contributed by atoms with Crippen LogP contribution in [0.25, 0.3) is 0 Å². The van der Waals surface area contributed by atoms with Crippen LogP contribution in [-0.2, 0) is 6.42 Å². The van der Waals surface area contributed by atoms with Crippen molar-refractivity contribution in [1.29, 1.82) is 0 Å². The lowest BCUT2D eigenvalue weighted by Crippen LogP contribution is -2.24. The summed E-state index contributed by atoms with van der Waals surface area (Å²) >= 11 is 5.96. The van der Waals surface area contributed by atoms with Crippen LogP contribution in [0.5, 0.6) is 0 Å². The number of likely N-dealkylation sites (N-methyl/N-ethyl adjacent to an activating group) is 1. The molecule has 1 aromatic heterocycles. The summed E-state index contributed by atoms with van der Waals surface area (Å²) in [6.45, 7) is 2.69. The zero-order valence-electron chi connectivity index (χ0n) is 11.2. The second kappa shape index (κ2) is 6.68. The summed E-state index contributed by atoms with van der Waals surface area (Å²) in [6, 6.07) is 8.11. The van der Waals surface area contributed by atoms with Gasteiger partial charge >= 0.3 is 0 Å². The number of aromatic nitrogens is 1. The average Bonchev–Trinajstić information content (AvgIpc) is 2.43. The summed E-state index contributed by atoms with van der Waals surface area (Å²) < 4.78 is 14.0. The smallest absolute Gasteiger partial charge is 0.128 e. The number of nitrogen functional groups attached to an aromatic ring is 1. The second-order valence-electron chi connectivity index (χ2n) is 4.53. The summed E-state index contributed by atoms with van der Waals surface area (Å²) in [7, 11) is 0. The highest BCUT2D eigenvalue weighted by Crippen LogP contribution is 2.25. The van der Waals surface area contributed by atoms with E-state index in [0.717, 1.165) is 12.1 Å². The molecule has 1 atom stereocenters. The van der Waals surface area contributed by atoms with E-state index in [1.807, 2.05) is 19.1 Å². The Kier molecular flexibility index (Phi) is 4.93. The number of nitrogens with two attached hydrogens (primary N) is 1. The first-order chi connectivity index (χ1) is 9.61. The Balaban J connectivity index is 2.32. The Morgan fingerprint density at radius 2 is 2.20 bits per heavy atom. The fraction of sp³-hybridized carbons (Fsp3) is 0.267. The van der Waals surface area contributed by atoms with Gasteiger partial charge in [0.1, 0.15) is 11.6 Å². The van der Waals surface area contributed by atoms with E-state index in [0.29, 0.717) is 22.8 Å². The predicted octanol–water partition coefficient (Wildman–Crippen LogP) is 3.35. The standard InChI is InChI=1S/C15H17ClFN3/c1-2-19-14(8-10-4-3-7-20-15(10)18)12-9-11(16)5-6-13(12)17/h3-7,9,14,19H,2,8H2,1H3,(H2,18,20). The number of hydrogen-bond acceptors (Lipinski definition) is 3. The van der Waals surface area contributed by atoms with Crippen LogP contribution < -0.4 is 11.1 Å². The van der Waals surface area contributed by atoms with Gasteiger partial charge in [0.05, 0.1) is 0 Å². The molecule has 0 bridgehead atoms. The fourth-order valence-electron chi connectivity index (χ4n) is 2.16. The van der Waals surface area contributed by atoms with Crippen LogP contribution in [0.15, 0.2) is 36.5 Å². The van der Waals surface area contributed by atoms with Gasteiger partial charge in [-0.05, 0) is 42.8 Å². The number of anilines is 1. The van der Waals surface area contributed by atoms with Crippen molar-refractivity contribution in [1.82, 2.24) is 10.3 Å². The van der Waals surface area contributed by atoms with Crippen LogP contribution in [0, 0.1) is 5.82 Å². The highest BCUT2D eigenvalue weighted by molar-refractivity contribution is 6.30. The largest absolute Gasteiger partial charge is 0.383 e. The molecule has 3 N–H and O–H groups in total. The number of halogens is 2. The number of pyridine rings is 1. The van der Waals surface area contributed by atoms with Crippen LogP contribution in [-0.4, -0.2) is 11.5 Å². The minimum Gasteiger partial charge on any atom is -0.383 e. The maximum absolute atomic E-state index is 14.0. The molecule has 1 heterocycles. The topological polar surface area (TPSA) is 50.9 Å². The molecule has 0 radical (unpaired) electrons. The third kappa shape index (κ3) is 3.46.